The number of carbonyl (C=O) groups excluding carboxylic acids is 1. The summed E-state index contributed by atoms with van der Waals surface area (Å²) in [5, 5.41) is 12.7. The monoisotopic (exact) mass is 273 g/mol. The van der Waals surface area contributed by atoms with Crippen molar-refractivity contribution < 1.29 is 19.0 Å². The zero-order valence-corrected chi connectivity index (χ0v) is 10.7. The van der Waals surface area contributed by atoms with Gasteiger partial charge >= 0.3 is 0 Å². The third-order valence-corrected chi connectivity index (χ3v) is 3.31. The van der Waals surface area contributed by atoms with E-state index in [0.29, 0.717) is 17.0 Å². The number of methoxy groups -OCH3 is 1. The van der Waals surface area contributed by atoms with Crippen molar-refractivity contribution in [3.05, 3.63) is 41.7 Å². The van der Waals surface area contributed by atoms with Gasteiger partial charge in [0.2, 0.25) is 5.91 Å². The van der Waals surface area contributed by atoms with Gasteiger partial charge in [-0.15, -0.1) is 0 Å². The van der Waals surface area contributed by atoms with E-state index in [0.717, 1.165) is 5.56 Å². The lowest BCUT2D eigenvalue weighted by Gasteiger charge is -2.10. The van der Waals surface area contributed by atoms with Gasteiger partial charge in [0.15, 0.2) is 0 Å². The Balaban J connectivity index is 2.11. The molecule has 0 saturated heterocycles. The molecule has 3 rings (SSSR count). The second-order valence-electron chi connectivity index (χ2n) is 4.60. The van der Waals surface area contributed by atoms with Gasteiger partial charge < -0.3 is 15.2 Å². The molecule has 2 N–H and O–H groups in total. The summed E-state index contributed by atoms with van der Waals surface area (Å²) in [7, 11) is 1.46. The van der Waals surface area contributed by atoms with Crippen molar-refractivity contribution >= 4 is 11.6 Å². The van der Waals surface area contributed by atoms with Crippen LogP contribution in [0.1, 0.15) is 5.56 Å². The lowest BCUT2D eigenvalue weighted by molar-refractivity contribution is -0.115. The third-order valence-electron chi connectivity index (χ3n) is 3.31. The number of hydrogen-bond donors (Lipinski definition) is 2. The molecule has 0 saturated carbocycles. The molecule has 0 radical (unpaired) electrons. The van der Waals surface area contributed by atoms with Crippen LogP contribution in [-0.2, 0) is 11.2 Å². The van der Waals surface area contributed by atoms with Gasteiger partial charge in [-0.1, -0.05) is 0 Å². The van der Waals surface area contributed by atoms with E-state index in [-0.39, 0.29) is 23.6 Å². The summed E-state index contributed by atoms with van der Waals surface area (Å²) in [4.78, 5) is 11.3. The van der Waals surface area contributed by atoms with Crippen molar-refractivity contribution in [2.75, 3.05) is 12.4 Å². The molecule has 1 aliphatic heterocycles. The molecule has 20 heavy (non-hydrogen) atoms. The molecule has 2 aromatic carbocycles. The second-order valence-corrected chi connectivity index (χ2v) is 4.60. The van der Waals surface area contributed by atoms with Crippen LogP contribution in [0.15, 0.2) is 30.3 Å². The van der Waals surface area contributed by atoms with E-state index in [2.05, 4.69) is 5.32 Å². The predicted octanol–water partition coefficient (Wildman–Crippen LogP) is 2.70. The number of aromatic hydroxyl groups is 1. The Hall–Kier alpha value is -2.56. The number of hydrogen-bond acceptors (Lipinski definition) is 3. The molecule has 2 aromatic rings. The first-order chi connectivity index (χ1) is 9.58. The van der Waals surface area contributed by atoms with Crippen molar-refractivity contribution in [2.24, 2.45) is 0 Å². The Kier molecular flexibility index (Phi) is 2.82. The predicted molar refractivity (Wildman–Crippen MR) is 72.4 cm³/mol. The number of halogens is 1. The maximum atomic E-state index is 14.1. The maximum Gasteiger partial charge on any atom is 0.228 e. The van der Waals surface area contributed by atoms with Crippen LogP contribution < -0.4 is 10.1 Å². The van der Waals surface area contributed by atoms with E-state index >= 15 is 0 Å². The van der Waals surface area contributed by atoms with Gasteiger partial charge in [-0.05, 0) is 23.8 Å². The van der Waals surface area contributed by atoms with Gasteiger partial charge in [-0.2, -0.15) is 0 Å². The van der Waals surface area contributed by atoms with E-state index in [9.17, 15) is 14.3 Å². The molecule has 0 bridgehead atoms. The molecular formula is C15H12FNO3. The van der Waals surface area contributed by atoms with Crippen LogP contribution in [0.2, 0.25) is 0 Å². The van der Waals surface area contributed by atoms with E-state index in [1.807, 2.05) is 0 Å². The number of rotatable bonds is 2. The highest BCUT2D eigenvalue weighted by Gasteiger charge is 2.21. The number of phenolic OH excluding ortho intramolecular Hbond substituents is 1. The molecule has 1 amide bonds. The van der Waals surface area contributed by atoms with Gasteiger partial charge in [0, 0.05) is 28.9 Å². The fourth-order valence-electron chi connectivity index (χ4n) is 2.32. The largest absolute Gasteiger partial charge is 0.507 e. The summed E-state index contributed by atoms with van der Waals surface area (Å²) in [6.07, 6.45) is 0.236. The Morgan fingerprint density at radius 2 is 2.05 bits per heavy atom. The molecule has 5 heteroatoms. The van der Waals surface area contributed by atoms with Gasteiger partial charge in [-0.25, -0.2) is 4.39 Å². The first-order valence-electron chi connectivity index (χ1n) is 6.08. The summed E-state index contributed by atoms with van der Waals surface area (Å²) in [5.74, 6) is -0.289. The molecule has 1 heterocycles. The fraction of sp³-hybridized carbons (Fsp3) is 0.133. The molecule has 0 aliphatic carbocycles. The van der Waals surface area contributed by atoms with Crippen molar-refractivity contribution in [3.63, 3.8) is 0 Å². The first-order valence-corrected chi connectivity index (χ1v) is 6.08. The number of ether oxygens (including phenoxy) is 1. The molecule has 0 aromatic heterocycles. The summed E-state index contributed by atoms with van der Waals surface area (Å²) in [6, 6.07) is 7.49. The molecule has 1 aliphatic rings. The summed E-state index contributed by atoms with van der Waals surface area (Å²) in [5.41, 5.74) is 1.95. The molecular weight excluding hydrogens is 261 g/mol. The molecule has 102 valence electrons. The fourth-order valence-corrected chi connectivity index (χ4v) is 2.32. The molecule has 4 nitrogen and oxygen atoms in total. The number of benzene rings is 2. The van der Waals surface area contributed by atoms with Crippen LogP contribution in [0.3, 0.4) is 0 Å². The normalized spacial score (nSPS) is 13.0. The first kappa shape index (κ1) is 12.5. The molecule has 0 spiro atoms. The number of nitrogens with one attached hydrogen (secondary N) is 1. The average molecular weight is 273 g/mol. The van der Waals surface area contributed by atoms with Crippen molar-refractivity contribution in [1.29, 1.82) is 0 Å². The van der Waals surface area contributed by atoms with Crippen molar-refractivity contribution in [1.82, 2.24) is 0 Å². The van der Waals surface area contributed by atoms with E-state index in [1.54, 1.807) is 18.2 Å². The molecule has 0 fully saturated rings. The Labute approximate surface area is 114 Å². The highest BCUT2D eigenvalue weighted by Crippen LogP contribution is 2.38. The lowest BCUT2D eigenvalue weighted by Crippen LogP contribution is -2.03. The van der Waals surface area contributed by atoms with Crippen LogP contribution in [0.4, 0.5) is 10.1 Å². The molecule has 0 unspecified atom stereocenters. The van der Waals surface area contributed by atoms with Gasteiger partial charge in [0.1, 0.15) is 17.3 Å². The van der Waals surface area contributed by atoms with Gasteiger partial charge in [0.25, 0.3) is 0 Å². The standard InChI is InChI=1S/C15H12FNO3/c1-20-9-2-3-10(12(16)6-9)11-4-8-5-15(19)17-13(8)7-14(11)18/h2-4,6-7,18H,5H2,1H3,(H,17,19). The lowest BCUT2D eigenvalue weighted by atomic mass is 10.00. The SMILES string of the molecule is COc1ccc(-c2cc3c(cc2O)NC(=O)C3)c(F)c1. The van der Waals surface area contributed by atoms with E-state index < -0.39 is 5.82 Å². The van der Waals surface area contributed by atoms with Gasteiger partial charge in [0.05, 0.1) is 13.5 Å². The van der Waals surface area contributed by atoms with E-state index in [4.69, 9.17) is 4.74 Å². The number of amides is 1. The number of fused-ring (bicyclic) bond motifs is 1. The van der Waals surface area contributed by atoms with Gasteiger partial charge in [-0.3, -0.25) is 4.79 Å². The Morgan fingerprint density at radius 3 is 2.75 bits per heavy atom. The Bertz CT molecular complexity index is 713. The smallest absolute Gasteiger partial charge is 0.228 e. The minimum absolute atomic E-state index is 0.0741. The number of phenols is 1. The Morgan fingerprint density at radius 1 is 1.25 bits per heavy atom. The topological polar surface area (TPSA) is 58.6 Å². The van der Waals surface area contributed by atoms with Crippen LogP contribution in [0.5, 0.6) is 11.5 Å². The number of anilines is 1. The van der Waals surface area contributed by atoms with E-state index in [1.165, 1.54) is 19.2 Å². The van der Waals surface area contributed by atoms with Crippen LogP contribution in [-0.4, -0.2) is 18.1 Å². The average Bonchev–Trinajstić information content (AvgIpc) is 2.77. The van der Waals surface area contributed by atoms with Crippen molar-refractivity contribution in [3.8, 4) is 22.6 Å². The van der Waals surface area contributed by atoms with Crippen molar-refractivity contribution in [2.45, 2.75) is 6.42 Å². The minimum atomic E-state index is -0.489. The third kappa shape index (κ3) is 1.97. The number of carbonyl (C=O) groups is 1. The van der Waals surface area contributed by atoms with Crippen LogP contribution in [0, 0.1) is 5.82 Å². The quantitative estimate of drug-likeness (QED) is 0.884. The highest BCUT2D eigenvalue weighted by molar-refractivity contribution is 6.00. The maximum absolute atomic E-state index is 14.1. The highest BCUT2D eigenvalue weighted by atomic mass is 19.1. The summed E-state index contributed by atoms with van der Waals surface area (Å²) in [6.45, 7) is 0. The minimum Gasteiger partial charge on any atom is -0.507 e. The zero-order valence-electron chi connectivity index (χ0n) is 10.7. The molecule has 0 atom stereocenters. The second kappa shape index (κ2) is 4.52. The summed E-state index contributed by atoms with van der Waals surface area (Å²) < 4.78 is 19.0. The summed E-state index contributed by atoms with van der Waals surface area (Å²) >= 11 is 0. The van der Waals surface area contributed by atoms with Crippen LogP contribution >= 0.6 is 0 Å². The zero-order chi connectivity index (χ0) is 14.3. The van der Waals surface area contributed by atoms with Crippen LogP contribution in [0.25, 0.3) is 11.1 Å².